The van der Waals surface area contributed by atoms with E-state index < -0.39 is 10.0 Å². The lowest BCUT2D eigenvalue weighted by atomic mass is 10.1. The van der Waals surface area contributed by atoms with Crippen LogP contribution in [0.1, 0.15) is 0 Å². The maximum absolute atomic E-state index is 13.2. The molecule has 0 bridgehead atoms. The van der Waals surface area contributed by atoms with Crippen molar-refractivity contribution in [3.8, 4) is 39.9 Å². The first-order valence-corrected chi connectivity index (χ1v) is 13.4. The van der Waals surface area contributed by atoms with Gasteiger partial charge < -0.3 is 18.9 Å². The summed E-state index contributed by atoms with van der Waals surface area (Å²) in [5, 5.41) is 0.709. The number of benzene rings is 4. The molecule has 1 N–H and O–H groups in total. The Balaban J connectivity index is 1.42. The van der Waals surface area contributed by atoms with Crippen molar-refractivity contribution in [2.24, 2.45) is 0 Å². The lowest BCUT2D eigenvalue weighted by Gasteiger charge is -2.15. The number of nitrogens with one attached hydrogen (secondary N) is 1. The molecule has 4 aromatic carbocycles. The van der Waals surface area contributed by atoms with Crippen molar-refractivity contribution in [2.45, 2.75) is 4.90 Å². The first-order chi connectivity index (χ1) is 18.9. The summed E-state index contributed by atoms with van der Waals surface area (Å²) < 4.78 is 51.6. The molecule has 5 aromatic rings. The third-order valence-corrected chi connectivity index (χ3v) is 7.47. The predicted octanol–water partition coefficient (Wildman–Crippen LogP) is 6.52. The van der Waals surface area contributed by atoms with E-state index in [1.165, 1.54) is 7.11 Å². The zero-order valence-electron chi connectivity index (χ0n) is 21.5. The van der Waals surface area contributed by atoms with E-state index >= 15 is 0 Å². The molecule has 1 heterocycles. The van der Waals surface area contributed by atoms with E-state index in [4.69, 9.17) is 18.9 Å². The van der Waals surface area contributed by atoms with Gasteiger partial charge in [0.05, 0.1) is 37.4 Å². The van der Waals surface area contributed by atoms with E-state index in [0.717, 1.165) is 11.1 Å². The molecule has 8 nitrogen and oxygen atoms in total. The van der Waals surface area contributed by atoms with E-state index in [1.807, 2.05) is 36.4 Å². The molecule has 0 amide bonds. The minimum atomic E-state index is -3.86. The number of aromatic nitrogens is 1. The maximum Gasteiger partial charge on any atom is 0.261 e. The number of hydrogen-bond acceptors (Lipinski definition) is 7. The third-order valence-electron chi connectivity index (χ3n) is 6.09. The number of nitrogens with zero attached hydrogens (tertiary/aromatic N) is 1. The molecule has 0 radical (unpaired) electrons. The fourth-order valence-corrected chi connectivity index (χ4v) is 5.25. The van der Waals surface area contributed by atoms with Crippen molar-refractivity contribution in [1.29, 1.82) is 0 Å². The number of hydrogen-bond donors (Lipinski definition) is 1. The highest BCUT2D eigenvalue weighted by Gasteiger charge is 2.18. The predicted molar refractivity (Wildman–Crippen MR) is 151 cm³/mol. The summed E-state index contributed by atoms with van der Waals surface area (Å²) in [6.45, 7) is 0. The van der Waals surface area contributed by atoms with Gasteiger partial charge in [-0.3, -0.25) is 9.71 Å². The van der Waals surface area contributed by atoms with E-state index in [2.05, 4.69) is 9.71 Å². The molecule has 1 aromatic heterocycles. The lowest BCUT2D eigenvalue weighted by Crippen LogP contribution is -2.13. The molecular formula is C30H26N2O6S. The van der Waals surface area contributed by atoms with E-state index in [-0.39, 0.29) is 4.90 Å². The molecule has 0 aliphatic rings. The molecule has 9 heteroatoms. The average Bonchev–Trinajstić information content (AvgIpc) is 2.97. The van der Waals surface area contributed by atoms with Crippen LogP contribution in [0.2, 0.25) is 0 Å². The van der Waals surface area contributed by atoms with Gasteiger partial charge in [-0.05, 0) is 47.5 Å². The Labute approximate surface area is 226 Å². The van der Waals surface area contributed by atoms with Gasteiger partial charge in [-0.25, -0.2) is 8.42 Å². The van der Waals surface area contributed by atoms with Gasteiger partial charge in [0.2, 0.25) is 0 Å². The standard InChI is InChI=1S/C30H26N2O6S/c1-35-28-17-22(32-39(33,34)23-11-7-10-21(16-23)20-8-5-4-6-9-20)12-13-27(28)38-26-14-15-31-25-19-30(37-3)29(36-2)18-24(25)26/h4-19,32H,1-3H3. The summed E-state index contributed by atoms with van der Waals surface area (Å²) in [6, 6.07) is 26.5. The number of pyridine rings is 1. The largest absolute Gasteiger partial charge is 0.493 e. The van der Waals surface area contributed by atoms with Crippen molar-refractivity contribution in [3.05, 3.63) is 97.2 Å². The highest BCUT2D eigenvalue weighted by atomic mass is 32.2. The Morgan fingerprint density at radius 1 is 0.641 bits per heavy atom. The average molecular weight is 543 g/mol. The van der Waals surface area contributed by atoms with Gasteiger partial charge in [-0.15, -0.1) is 0 Å². The topological polar surface area (TPSA) is 96.0 Å². The first-order valence-electron chi connectivity index (χ1n) is 12.0. The van der Waals surface area contributed by atoms with Crippen LogP contribution < -0.4 is 23.7 Å². The molecule has 0 unspecified atom stereocenters. The second kappa shape index (κ2) is 10.9. The third kappa shape index (κ3) is 5.44. The van der Waals surface area contributed by atoms with Gasteiger partial charge in [0, 0.05) is 23.7 Å². The summed E-state index contributed by atoms with van der Waals surface area (Å²) in [4.78, 5) is 4.54. The molecule has 0 aliphatic heterocycles. The smallest absolute Gasteiger partial charge is 0.261 e. The van der Waals surface area contributed by atoms with Crippen LogP contribution in [-0.4, -0.2) is 34.7 Å². The fourth-order valence-electron chi connectivity index (χ4n) is 4.16. The van der Waals surface area contributed by atoms with Crippen LogP contribution in [0.5, 0.6) is 28.7 Å². The quantitative estimate of drug-likeness (QED) is 0.226. The Morgan fingerprint density at radius 3 is 2.08 bits per heavy atom. The fraction of sp³-hybridized carbons (Fsp3) is 0.100. The van der Waals surface area contributed by atoms with Crippen molar-refractivity contribution in [1.82, 2.24) is 4.98 Å². The van der Waals surface area contributed by atoms with Crippen LogP contribution in [0.25, 0.3) is 22.0 Å². The molecular weight excluding hydrogens is 516 g/mol. The molecule has 0 saturated carbocycles. The second-order valence-corrected chi connectivity index (χ2v) is 10.2. The highest BCUT2D eigenvalue weighted by Crippen LogP contribution is 2.40. The van der Waals surface area contributed by atoms with Crippen LogP contribution in [0.3, 0.4) is 0 Å². The van der Waals surface area contributed by atoms with Gasteiger partial charge in [-0.2, -0.15) is 0 Å². The summed E-state index contributed by atoms with van der Waals surface area (Å²) >= 11 is 0. The van der Waals surface area contributed by atoms with Gasteiger partial charge in [0.15, 0.2) is 23.0 Å². The van der Waals surface area contributed by atoms with Gasteiger partial charge >= 0.3 is 0 Å². The van der Waals surface area contributed by atoms with Crippen molar-refractivity contribution >= 4 is 26.6 Å². The summed E-state index contributed by atoms with van der Waals surface area (Å²) in [5.41, 5.74) is 2.72. The van der Waals surface area contributed by atoms with Gasteiger partial charge in [-0.1, -0.05) is 42.5 Å². The van der Waals surface area contributed by atoms with Crippen LogP contribution in [0.4, 0.5) is 5.69 Å². The number of sulfonamides is 1. The van der Waals surface area contributed by atoms with Gasteiger partial charge in [0.25, 0.3) is 10.0 Å². The zero-order valence-corrected chi connectivity index (χ0v) is 22.4. The summed E-state index contributed by atoms with van der Waals surface area (Å²) in [6.07, 6.45) is 1.63. The molecule has 198 valence electrons. The van der Waals surface area contributed by atoms with Crippen LogP contribution in [0, 0.1) is 0 Å². The molecule has 5 rings (SSSR count). The molecule has 39 heavy (non-hydrogen) atoms. The van der Waals surface area contributed by atoms with E-state index in [0.29, 0.717) is 45.3 Å². The number of rotatable bonds is 9. The Kier molecular flexibility index (Phi) is 7.25. The van der Waals surface area contributed by atoms with Gasteiger partial charge in [0.1, 0.15) is 5.75 Å². The number of anilines is 1. The zero-order chi connectivity index (χ0) is 27.4. The monoisotopic (exact) mass is 542 g/mol. The van der Waals surface area contributed by atoms with Crippen LogP contribution in [-0.2, 0) is 10.0 Å². The molecule has 0 fully saturated rings. The lowest BCUT2D eigenvalue weighted by molar-refractivity contribution is 0.355. The number of fused-ring (bicyclic) bond motifs is 1. The van der Waals surface area contributed by atoms with E-state index in [9.17, 15) is 8.42 Å². The Hall–Kier alpha value is -4.76. The summed E-state index contributed by atoms with van der Waals surface area (Å²) in [5.74, 6) is 2.35. The Morgan fingerprint density at radius 2 is 1.33 bits per heavy atom. The summed E-state index contributed by atoms with van der Waals surface area (Å²) in [7, 11) is 0.741. The van der Waals surface area contributed by atoms with Crippen molar-refractivity contribution in [2.75, 3.05) is 26.1 Å². The van der Waals surface area contributed by atoms with Crippen molar-refractivity contribution in [3.63, 3.8) is 0 Å². The minimum Gasteiger partial charge on any atom is -0.493 e. The SMILES string of the molecule is COc1cc2nccc(Oc3ccc(NS(=O)(=O)c4cccc(-c5ccccc5)c4)cc3OC)c2cc1OC. The maximum atomic E-state index is 13.2. The van der Waals surface area contributed by atoms with E-state index in [1.54, 1.807) is 75.0 Å². The van der Waals surface area contributed by atoms with Crippen molar-refractivity contribution < 1.29 is 27.4 Å². The molecule has 0 spiro atoms. The number of ether oxygens (including phenoxy) is 4. The molecule has 0 saturated heterocycles. The normalized spacial score (nSPS) is 11.2. The van der Waals surface area contributed by atoms with Crippen LogP contribution >= 0.6 is 0 Å². The highest BCUT2D eigenvalue weighted by molar-refractivity contribution is 7.92. The molecule has 0 atom stereocenters. The molecule has 0 aliphatic carbocycles. The van der Waals surface area contributed by atoms with Crippen LogP contribution in [0.15, 0.2) is 102 Å². The first kappa shape index (κ1) is 25.9. The minimum absolute atomic E-state index is 0.149. The second-order valence-electron chi connectivity index (χ2n) is 8.50. The number of methoxy groups -OCH3 is 3. The Bertz CT molecular complexity index is 1740.